The summed E-state index contributed by atoms with van der Waals surface area (Å²) in [6.45, 7) is 0. The van der Waals surface area contributed by atoms with Crippen LogP contribution in [-0.4, -0.2) is 17.2 Å². The van der Waals surface area contributed by atoms with Gasteiger partial charge in [0.25, 0.3) is 5.56 Å². The molecule has 0 bridgehead atoms. The molecule has 25 heavy (non-hydrogen) atoms. The van der Waals surface area contributed by atoms with E-state index in [-0.39, 0.29) is 5.56 Å². The summed E-state index contributed by atoms with van der Waals surface area (Å²) < 4.78 is 2.98. The van der Waals surface area contributed by atoms with Crippen molar-refractivity contribution in [3.05, 3.63) is 65.2 Å². The first-order valence-corrected chi connectivity index (χ1v) is 8.80. The van der Waals surface area contributed by atoms with E-state index in [0.29, 0.717) is 5.46 Å². The van der Waals surface area contributed by atoms with E-state index in [1.807, 2.05) is 53.1 Å². The monoisotopic (exact) mass is 336 g/mol. The summed E-state index contributed by atoms with van der Waals surface area (Å²) in [4.78, 5) is 18.5. The Morgan fingerprint density at radius 1 is 0.960 bits per heavy atom. The van der Waals surface area contributed by atoms with E-state index < -0.39 is 0 Å². The van der Waals surface area contributed by atoms with Crippen LogP contribution >= 0.6 is 11.3 Å². The molecule has 3 nitrogen and oxygen atoms in total. The zero-order valence-electron chi connectivity index (χ0n) is 13.0. The van der Waals surface area contributed by atoms with Crippen molar-refractivity contribution in [2.24, 2.45) is 0 Å². The molecule has 6 rings (SSSR count). The van der Waals surface area contributed by atoms with Crippen molar-refractivity contribution in [1.82, 2.24) is 9.38 Å². The van der Waals surface area contributed by atoms with Crippen molar-refractivity contribution >= 4 is 72.0 Å². The summed E-state index contributed by atoms with van der Waals surface area (Å²) in [5, 5.41) is 5.84. The zero-order chi connectivity index (χ0) is 16.7. The second kappa shape index (κ2) is 4.38. The summed E-state index contributed by atoms with van der Waals surface area (Å²) in [5.74, 6) is 0. The first-order chi connectivity index (χ1) is 12.2. The molecule has 114 valence electrons. The number of hydrogen-bond donors (Lipinski definition) is 0. The lowest BCUT2D eigenvalue weighted by Crippen LogP contribution is -2.13. The molecule has 4 heterocycles. The number of thiophene rings is 1. The minimum absolute atomic E-state index is 0.0207. The Morgan fingerprint density at radius 3 is 2.64 bits per heavy atom. The van der Waals surface area contributed by atoms with Gasteiger partial charge < -0.3 is 0 Å². The van der Waals surface area contributed by atoms with Crippen LogP contribution in [0, 0.1) is 0 Å². The average molecular weight is 336 g/mol. The molecular formula is C20H9BN2OS. The standard InChI is InChI=1S/C20H9BN2OS/c21-10-7-13-11-3-1-2-4-12(11)19(24)23-18(13)14(8-10)17-15-9-22-6-5-16(15)25-20(17)23/h1-9H. The zero-order valence-corrected chi connectivity index (χ0v) is 13.8. The van der Waals surface area contributed by atoms with E-state index in [0.717, 1.165) is 47.4 Å². The number of fused-ring (bicyclic) bond motifs is 7. The lowest BCUT2D eigenvalue weighted by Gasteiger charge is -2.07. The second-order valence-corrected chi connectivity index (χ2v) is 7.34. The van der Waals surface area contributed by atoms with Crippen LogP contribution in [0.3, 0.4) is 0 Å². The molecule has 0 aliphatic heterocycles. The van der Waals surface area contributed by atoms with E-state index in [4.69, 9.17) is 7.85 Å². The molecule has 0 fully saturated rings. The Labute approximate surface area is 146 Å². The smallest absolute Gasteiger partial charge is 0.264 e. The van der Waals surface area contributed by atoms with Crippen LogP contribution in [0.5, 0.6) is 0 Å². The van der Waals surface area contributed by atoms with Gasteiger partial charge in [-0.3, -0.25) is 14.2 Å². The van der Waals surface area contributed by atoms with Crippen LogP contribution in [0.2, 0.25) is 0 Å². The number of rotatable bonds is 0. The molecule has 2 aromatic carbocycles. The van der Waals surface area contributed by atoms with E-state index in [9.17, 15) is 4.79 Å². The Balaban J connectivity index is 2.10. The van der Waals surface area contributed by atoms with Gasteiger partial charge in [-0.25, -0.2) is 0 Å². The maximum Gasteiger partial charge on any atom is 0.264 e. The predicted octanol–water partition coefficient (Wildman–Crippen LogP) is 3.60. The van der Waals surface area contributed by atoms with Crippen LogP contribution in [0.25, 0.3) is 47.4 Å². The van der Waals surface area contributed by atoms with Crippen LogP contribution < -0.4 is 11.0 Å². The Kier molecular flexibility index (Phi) is 2.34. The topological polar surface area (TPSA) is 34.4 Å². The summed E-state index contributed by atoms with van der Waals surface area (Å²) in [7, 11) is 6.22. The lowest BCUT2D eigenvalue weighted by atomic mass is 9.91. The van der Waals surface area contributed by atoms with Crippen molar-refractivity contribution < 1.29 is 0 Å². The molecule has 0 aliphatic carbocycles. The number of aromatic nitrogens is 2. The summed E-state index contributed by atoms with van der Waals surface area (Å²) in [6.07, 6.45) is 3.66. The van der Waals surface area contributed by atoms with Gasteiger partial charge in [0.2, 0.25) is 0 Å². The molecule has 4 aromatic heterocycles. The van der Waals surface area contributed by atoms with Gasteiger partial charge in [0.15, 0.2) is 0 Å². The average Bonchev–Trinajstić information content (AvgIpc) is 3.15. The fraction of sp³-hybridized carbons (Fsp3) is 0. The molecular weight excluding hydrogens is 327 g/mol. The molecule has 0 N–H and O–H groups in total. The highest BCUT2D eigenvalue weighted by atomic mass is 32.1. The first kappa shape index (κ1) is 13.4. The maximum absolute atomic E-state index is 13.3. The van der Waals surface area contributed by atoms with Gasteiger partial charge in [-0.15, -0.1) is 11.3 Å². The van der Waals surface area contributed by atoms with Crippen molar-refractivity contribution in [3.63, 3.8) is 0 Å². The maximum atomic E-state index is 13.3. The third-order valence-corrected chi connectivity index (χ3v) is 6.11. The quantitative estimate of drug-likeness (QED) is 0.314. The molecule has 6 aromatic rings. The van der Waals surface area contributed by atoms with Crippen molar-refractivity contribution in [1.29, 1.82) is 0 Å². The van der Waals surface area contributed by atoms with E-state index in [1.165, 1.54) is 0 Å². The lowest BCUT2D eigenvalue weighted by molar-refractivity contribution is 1.22. The van der Waals surface area contributed by atoms with Gasteiger partial charge in [-0.2, -0.15) is 0 Å². The minimum Gasteiger partial charge on any atom is -0.268 e. The molecule has 2 radical (unpaired) electrons. The molecule has 0 saturated carbocycles. The summed E-state index contributed by atoms with van der Waals surface area (Å²) >= 11 is 1.63. The van der Waals surface area contributed by atoms with E-state index >= 15 is 0 Å². The number of nitrogens with zero attached hydrogens (tertiary/aromatic N) is 2. The molecule has 0 saturated heterocycles. The van der Waals surface area contributed by atoms with Gasteiger partial charge in [-0.1, -0.05) is 35.8 Å². The Morgan fingerprint density at radius 2 is 1.76 bits per heavy atom. The second-order valence-electron chi connectivity index (χ2n) is 6.30. The summed E-state index contributed by atoms with van der Waals surface area (Å²) in [6, 6.07) is 13.7. The highest BCUT2D eigenvalue weighted by Crippen LogP contribution is 2.41. The third-order valence-electron chi connectivity index (χ3n) is 4.95. The first-order valence-electron chi connectivity index (χ1n) is 7.98. The predicted molar refractivity (Wildman–Crippen MR) is 106 cm³/mol. The van der Waals surface area contributed by atoms with Gasteiger partial charge in [0, 0.05) is 44.0 Å². The molecule has 5 heteroatoms. The number of hydrogen-bond acceptors (Lipinski definition) is 3. The molecule has 0 amide bonds. The van der Waals surface area contributed by atoms with Gasteiger partial charge in [0.05, 0.1) is 5.52 Å². The molecule has 0 atom stereocenters. The number of pyridine rings is 2. The van der Waals surface area contributed by atoms with Crippen molar-refractivity contribution in [2.45, 2.75) is 0 Å². The van der Waals surface area contributed by atoms with Crippen molar-refractivity contribution in [3.8, 4) is 0 Å². The van der Waals surface area contributed by atoms with Gasteiger partial charge in [-0.05, 0) is 17.5 Å². The molecule has 0 spiro atoms. The third kappa shape index (κ3) is 1.52. The summed E-state index contributed by atoms with van der Waals surface area (Å²) in [5.41, 5.74) is 1.67. The molecule has 0 unspecified atom stereocenters. The SMILES string of the molecule is [B]c1cc2c3ccccc3c(=O)n3c4sc5ccncc5c4c(c1)c23. The van der Waals surface area contributed by atoms with Crippen LogP contribution in [0.1, 0.15) is 0 Å². The van der Waals surface area contributed by atoms with Gasteiger partial charge >= 0.3 is 0 Å². The Bertz CT molecular complexity index is 1530. The van der Waals surface area contributed by atoms with Crippen LogP contribution in [0.4, 0.5) is 0 Å². The largest absolute Gasteiger partial charge is 0.268 e. The van der Waals surface area contributed by atoms with E-state index in [2.05, 4.69) is 4.98 Å². The van der Waals surface area contributed by atoms with Crippen LogP contribution in [-0.2, 0) is 0 Å². The molecule has 0 aliphatic rings. The normalized spacial score (nSPS) is 12.3. The van der Waals surface area contributed by atoms with E-state index in [1.54, 1.807) is 17.5 Å². The minimum atomic E-state index is 0.0207. The number of benzene rings is 2. The Hall–Kier alpha value is -2.92. The van der Waals surface area contributed by atoms with Crippen LogP contribution in [0.15, 0.2) is 59.7 Å². The highest BCUT2D eigenvalue weighted by Gasteiger charge is 2.20. The van der Waals surface area contributed by atoms with Crippen molar-refractivity contribution in [2.75, 3.05) is 0 Å². The van der Waals surface area contributed by atoms with Gasteiger partial charge in [0.1, 0.15) is 12.7 Å². The highest BCUT2D eigenvalue weighted by molar-refractivity contribution is 7.25. The fourth-order valence-corrected chi connectivity index (χ4v) is 5.15. The fourth-order valence-electron chi connectivity index (χ4n) is 3.96.